The molecule has 3 heteroatoms. The van der Waals surface area contributed by atoms with Gasteiger partial charge >= 0.3 is 8.54 Å². The molecule has 0 saturated carbocycles. The van der Waals surface area contributed by atoms with E-state index in [4.69, 9.17) is 0 Å². The zero-order valence-corrected chi connectivity index (χ0v) is 4.63. The fraction of sp³-hybridized carbons (Fsp3) is 0. The topological polar surface area (TPSA) is 30.2 Å². The van der Waals surface area contributed by atoms with Crippen LogP contribution in [0.4, 0.5) is 0 Å². The monoisotopic (exact) mass is 112 g/mol. The predicted octanol–water partition coefficient (Wildman–Crippen LogP) is 0.780. The molecular weight excluding hydrogens is 108 g/mol. The first-order valence-electron chi connectivity index (χ1n) is 1.93. The highest BCUT2D eigenvalue weighted by atomic mass is 28.2. The van der Waals surface area contributed by atoms with Crippen LogP contribution in [-0.2, 0) is 4.46 Å². The van der Waals surface area contributed by atoms with Crippen LogP contribution in [0.3, 0.4) is 0 Å². The highest BCUT2D eigenvalue weighted by Gasteiger charge is 1.78. The van der Waals surface area contributed by atoms with Gasteiger partial charge in [0.25, 0.3) is 0 Å². The maximum absolute atomic E-state index is 10.3. The van der Waals surface area contributed by atoms with Gasteiger partial charge in [-0.25, -0.2) is 0 Å². The van der Waals surface area contributed by atoms with Crippen molar-refractivity contribution in [1.29, 1.82) is 0 Å². The van der Waals surface area contributed by atoms with Crippen molar-refractivity contribution in [2.24, 2.45) is 0 Å². The summed E-state index contributed by atoms with van der Waals surface area (Å²) in [5.41, 5.74) is 1.55. The first kappa shape index (κ1) is 4.46. The molecule has 1 aromatic rings. The van der Waals surface area contributed by atoms with E-state index in [9.17, 15) is 4.46 Å². The Morgan fingerprint density at radius 3 is 2.57 bits per heavy atom. The van der Waals surface area contributed by atoms with Gasteiger partial charge in [0.15, 0.2) is 0 Å². The minimum Gasteiger partial charge on any atom is -0.491 e. The summed E-state index contributed by atoms with van der Waals surface area (Å²) in [5.74, 6) is 0. The van der Waals surface area contributed by atoms with E-state index in [1.54, 1.807) is 17.8 Å². The lowest BCUT2D eigenvalue weighted by Crippen LogP contribution is -1.72. The van der Waals surface area contributed by atoms with Crippen molar-refractivity contribution in [1.82, 2.24) is 0 Å². The average molecular weight is 112 g/mol. The van der Waals surface area contributed by atoms with E-state index >= 15 is 0 Å². The van der Waals surface area contributed by atoms with Gasteiger partial charge in [-0.3, -0.25) is 0 Å². The van der Waals surface area contributed by atoms with Gasteiger partial charge in [0.2, 0.25) is 0 Å². The molecule has 0 aliphatic rings. The summed E-state index contributed by atoms with van der Waals surface area (Å²) in [7, 11) is -1.81. The normalized spacial score (nSPS) is 8.57. The van der Waals surface area contributed by atoms with Crippen molar-refractivity contribution in [3.8, 4) is 0 Å². The first-order chi connectivity index (χ1) is 3.39. The fourth-order valence-corrected chi connectivity index (χ4v) is 0.885. The quantitative estimate of drug-likeness (QED) is 0.464. The van der Waals surface area contributed by atoms with Gasteiger partial charge in [0.05, 0.1) is 6.26 Å². The van der Waals surface area contributed by atoms with Crippen molar-refractivity contribution in [3.05, 3.63) is 24.1 Å². The van der Waals surface area contributed by atoms with Crippen molar-refractivity contribution in [2.75, 3.05) is 0 Å². The molecule has 0 radical (unpaired) electrons. The van der Waals surface area contributed by atoms with Gasteiger partial charge in [-0.05, 0) is 11.7 Å². The molecule has 1 aromatic heterocycles. The molecule has 2 nitrogen and oxygen atoms in total. The highest BCUT2D eigenvalue weighted by molar-refractivity contribution is 6.24. The van der Waals surface area contributed by atoms with Crippen LogP contribution >= 0.6 is 0 Å². The van der Waals surface area contributed by atoms with Gasteiger partial charge in [0.1, 0.15) is 0 Å². The summed E-state index contributed by atoms with van der Waals surface area (Å²) >= 11 is 0. The lowest BCUT2D eigenvalue weighted by Gasteiger charge is -1.71. The second-order valence-corrected chi connectivity index (χ2v) is 2.33. The van der Waals surface area contributed by atoms with Crippen molar-refractivity contribution in [2.45, 2.75) is 0 Å². The van der Waals surface area contributed by atoms with E-state index in [-0.39, 0.29) is 0 Å². The molecule has 0 N–H and O–H groups in total. The Bertz CT molecular complexity index is 175. The molecule has 0 spiro atoms. The molecule has 0 saturated heterocycles. The second kappa shape index (κ2) is 1.84. The van der Waals surface area contributed by atoms with Crippen LogP contribution < -0.4 is 0 Å². The molecule has 1 heterocycles. The third-order valence-corrected chi connectivity index (χ3v) is 1.44. The molecule has 0 unspecified atom stereocenters. The predicted molar refractivity (Wildman–Crippen MR) is 25.1 cm³/mol. The third-order valence-electron chi connectivity index (χ3n) is 0.606. The standard InChI is InChI=1S/C4H4O2Si/c5-7-4-2-1-3-6-7/h1-4H. The zero-order chi connectivity index (χ0) is 5.11. The number of hydrogen-bond donors (Lipinski definition) is 0. The Morgan fingerprint density at radius 2 is 2.29 bits per heavy atom. The molecule has 1 rings (SSSR count). The van der Waals surface area contributed by atoms with Crippen LogP contribution in [0, 0.1) is 0 Å². The molecule has 0 aliphatic heterocycles. The smallest absolute Gasteiger partial charge is 0.491 e. The Morgan fingerprint density at radius 1 is 1.43 bits per heavy atom. The van der Waals surface area contributed by atoms with E-state index in [0.717, 1.165) is 0 Å². The summed E-state index contributed by atoms with van der Waals surface area (Å²) in [6.45, 7) is 0. The summed E-state index contributed by atoms with van der Waals surface area (Å²) in [6, 6.07) is 3.41. The van der Waals surface area contributed by atoms with Gasteiger partial charge in [-0.1, -0.05) is 6.07 Å². The Hall–Kier alpha value is -0.703. The van der Waals surface area contributed by atoms with Gasteiger partial charge in [0, 0.05) is 0 Å². The van der Waals surface area contributed by atoms with Crippen LogP contribution in [0.5, 0.6) is 0 Å². The lowest BCUT2D eigenvalue weighted by molar-refractivity contribution is 0.510. The van der Waals surface area contributed by atoms with Crippen LogP contribution in [0.15, 0.2) is 28.2 Å². The van der Waals surface area contributed by atoms with E-state index < -0.39 is 8.54 Å². The van der Waals surface area contributed by atoms with Crippen LogP contribution in [-0.4, -0.2) is 8.54 Å². The van der Waals surface area contributed by atoms with Crippen LogP contribution in [0.25, 0.3) is 0 Å². The molecule has 0 bridgehead atoms. The Labute approximate surface area is 42.1 Å². The van der Waals surface area contributed by atoms with Gasteiger partial charge < -0.3 is 8.56 Å². The second-order valence-electron chi connectivity index (χ2n) is 1.12. The maximum atomic E-state index is 10.3. The van der Waals surface area contributed by atoms with Crippen LogP contribution in [0.2, 0.25) is 0 Å². The number of hydrogen-bond acceptors (Lipinski definition) is 2. The number of rotatable bonds is 0. The molecule has 0 fully saturated rings. The molecule has 0 atom stereocenters. The fourth-order valence-electron chi connectivity index (χ4n) is 0.325. The summed E-state index contributed by atoms with van der Waals surface area (Å²) < 4.78 is 14.8. The van der Waals surface area contributed by atoms with E-state index in [1.165, 1.54) is 6.26 Å². The molecule has 0 aliphatic carbocycles. The minimum absolute atomic E-state index is 1.43. The lowest BCUT2D eigenvalue weighted by atomic mass is 10.7. The third kappa shape index (κ3) is 1.08. The molecule has 0 amide bonds. The summed E-state index contributed by atoms with van der Waals surface area (Å²) in [4.78, 5) is 0. The Balaban J connectivity index is 3.28. The highest BCUT2D eigenvalue weighted by Crippen LogP contribution is 1.76. The first-order valence-corrected chi connectivity index (χ1v) is 3.33. The SMILES string of the molecule is O=[si]1cccco1. The van der Waals surface area contributed by atoms with E-state index in [2.05, 4.69) is 4.10 Å². The molecule has 7 heavy (non-hydrogen) atoms. The zero-order valence-electron chi connectivity index (χ0n) is 3.63. The van der Waals surface area contributed by atoms with E-state index in [1.807, 2.05) is 0 Å². The van der Waals surface area contributed by atoms with E-state index in [0.29, 0.717) is 0 Å². The van der Waals surface area contributed by atoms with Crippen molar-refractivity contribution in [3.63, 3.8) is 0 Å². The van der Waals surface area contributed by atoms with Crippen molar-refractivity contribution >= 4 is 8.54 Å². The average Bonchev–Trinajstić information content (AvgIpc) is 1.69. The Kier molecular flexibility index (Phi) is 1.17. The summed E-state index contributed by atoms with van der Waals surface area (Å²) in [5, 5.41) is 0. The van der Waals surface area contributed by atoms with Gasteiger partial charge in [-0.2, -0.15) is 0 Å². The molecule has 0 aromatic carbocycles. The largest absolute Gasteiger partial charge is 0.537 e. The van der Waals surface area contributed by atoms with Crippen LogP contribution in [0.1, 0.15) is 0 Å². The van der Waals surface area contributed by atoms with Gasteiger partial charge in [-0.15, -0.1) is 0 Å². The van der Waals surface area contributed by atoms with Crippen molar-refractivity contribution < 1.29 is 8.56 Å². The molecule has 36 valence electrons. The maximum Gasteiger partial charge on any atom is 0.537 e. The molecular formula is C4H4O2Si. The minimum atomic E-state index is -1.81. The summed E-state index contributed by atoms with van der Waals surface area (Å²) in [6.07, 6.45) is 1.43.